The van der Waals surface area contributed by atoms with Crippen molar-refractivity contribution in [3.05, 3.63) is 60.2 Å². The maximum atomic E-state index is 9.02. The van der Waals surface area contributed by atoms with Crippen molar-refractivity contribution in [3.8, 4) is 11.5 Å². The Balaban J connectivity index is 0.000000171. The van der Waals surface area contributed by atoms with Crippen molar-refractivity contribution < 1.29 is 15.3 Å². The van der Waals surface area contributed by atoms with Gasteiger partial charge in [-0.15, -0.1) is 0 Å². The molecule has 1 unspecified atom stereocenters. The van der Waals surface area contributed by atoms with E-state index in [1.165, 1.54) is 18.2 Å². The van der Waals surface area contributed by atoms with E-state index in [9.17, 15) is 0 Å². The highest BCUT2D eigenvalue weighted by molar-refractivity contribution is 5.30. The fraction of sp³-hybridized carbons (Fsp3) is 0.143. The van der Waals surface area contributed by atoms with Crippen LogP contribution < -0.4 is 0 Å². The number of hydrogen-bond donors (Lipinski definition) is 3. The van der Waals surface area contributed by atoms with Gasteiger partial charge in [0.15, 0.2) is 0 Å². The number of phenolic OH excluding ortho intramolecular Hbond substituents is 2. The standard InChI is InChI=1S/C8H10O.C6H6O2/c1-7(9)8-5-3-2-4-6-8;7-5-2-1-3-6(8)4-5/h2-7,9H,1H3;1-4,7-8H. The van der Waals surface area contributed by atoms with Crippen molar-refractivity contribution in [2.45, 2.75) is 13.0 Å². The molecule has 0 heterocycles. The molecule has 0 spiro atoms. The smallest absolute Gasteiger partial charge is 0.119 e. The van der Waals surface area contributed by atoms with E-state index in [-0.39, 0.29) is 17.6 Å². The third-order valence-electron chi connectivity index (χ3n) is 2.11. The lowest BCUT2D eigenvalue weighted by molar-refractivity contribution is 0.199. The molecule has 90 valence electrons. The van der Waals surface area contributed by atoms with Crippen molar-refractivity contribution in [2.24, 2.45) is 0 Å². The maximum absolute atomic E-state index is 9.02. The van der Waals surface area contributed by atoms with Crippen LogP contribution in [0.15, 0.2) is 54.6 Å². The van der Waals surface area contributed by atoms with Crippen molar-refractivity contribution in [1.29, 1.82) is 0 Å². The zero-order chi connectivity index (χ0) is 12.7. The van der Waals surface area contributed by atoms with Crippen LogP contribution in [0.25, 0.3) is 0 Å². The van der Waals surface area contributed by atoms with Crippen LogP contribution in [0.4, 0.5) is 0 Å². The van der Waals surface area contributed by atoms with Gasteiger partial charge < -0.3 is 15.3 Å². The van der Waals surface area contributed by atoms with Crippen LogP contribution in [-0.4, -0.2) is 15.3 Å². The van der Waals surface area contributed by atoms with E-state index < -0.39 is 0 Å². The first-order chi connectivity index (χ1) is 8.09. The summed E-state index contributed by atoms with van der Waals surface area (Å²) in [6, 6.07) is 15.4. The molecule has 3 heteroatoms. The predicted molar refractivity (Wildman–Crippen MR) is 66.8 cm³/mol. The van der Waals surface area contributed by atoms with E-state index in [0.29, 0.717) is 0 Å². The van der Waals surface area contributed by atoms with Gasteiger partial charge in [-0.2, -0.15) is 0 Å². The molecule has 3 N–H and O–H groups in total. The third-order valence-corrected chi connectivity index (χ3v) is 2.11. The molecule has 0 aromatic heterocycles. The summed E-state index contributed by atoms with van der Waals surface area (Å²) in [5.41, 5.74) is 0.970. The summed E-state index contributed by atoms with van der Waals surface area (Å²) in [6.07, 6.45) is -0.341. The average Bonchev–Trinajstić information content (AvgIpc) is 2.30. The number of aromatic hydroxyl groups is 2. The number of rotatable bonds is 1. The predicted octanol–water partition coefficient (Wildman–Crippen LogP) is 2.84. The fourth-order valence-electron chi connectivity index (χ4n) is 1.22. The van der Waals surface area contributed by atoms with E-state index in [0.717, 1.165) is 5.56 Å². The fourth-order valence-corrected chi connectivity index (χ4v) is 1.22. The van der Waals surface area contributed by atoms with Gasteiger partial charge in [0.05, 0.1) is 6.10 Å². The number of benzene rings is 2. The molecule has 17 heavy (non-hydrogen) atoms. The number of hydrogen-bond acceptors (Lipinski definition) is 3. The zero-order valence-corrected chi connectivity index (χ0v) is 9.62. The largest absolute Gasteiger partial charge is 0.508 e. The highest BCUT2D eigenvalue weighted by Gasteiger charge is 1.95. The van der Waals surface area contributed by atoms with E-state index in [2.05, 4.69) is 0 Å². The molecule has 0 fully saturated rings. The number of aliphatic hydroxyl groups excluding tert-OH is 1. The molecule has 0 bridgehead atoms. The highest BCUT2D eigenvalue weighted by Crippen LogP contribution is 2.14. The first kappa shape index (κ1) is 13.1. The lowest BCUT2D eigenvalue weighted by atomic mass is 10.1. The Morgan fingerprint density at radius 2 is 1.35 bits per heavy atom. The van der Waals surface area contributed by atoms with Crippen LogP contribution in [0.2, 0.25) is 0 Å². The minimum absolute atomic E-state index is 0.0880. The van der Waals surface area contributed by atoms with E-state index in [4.69, 9.17) is 15.3 Å². The zero-order valence-electron chi connectivity index (χ0n) is 9.62. The van der Waals surface area contributed by atoms with Gasteiger partial charge in [-0.05, 0) is 24.6 Å². The van der Waals surface area contributed by atoms with Crippen molar-refractivity contribution in [1.82, 2.24) is 0 Å². The van der Waals surface area contributed by atoms with E-state index in [1.54, 1.807) is 13.0 Å². The monoisotopic (exact) mass is 232 g/mol. The number of phenols is 2. The van der Waals surface area contributed by atoms with Gasteiger partial charge in [-0.3, -0.25) is 0 Å². The van der Waals surface area contributed by atoms with E-state index in [1.807, 2.05) is 30.3 Å². The van der Waals surface area contributed by atoms with Crippen LogP contribution in [0.5, 0.6) is 11.5 Å². The summed E-state index contributed by atoms with van der Waals surface area (Å²) in [5, 5.41) is 26.3. The Kier molecular flexibility index (Phi) is 5.04. The minimum atomic E-state index is -0.341. The lowest BCUT2D eigenvalue weighted by Crippen LogP contribution is -1.87. The maximum Gasteiger partial charge on any atom is 0.119 e. The molecule has 0 aliphatic carbocycles. The molecule has 1 atom stereocenters. The summed E-state index contributed by atoms with van der Waals surface area (Å²) < 4.78 is 0. The Labute approximate surface area is 101 Å². The van der Waals surface area contributed by atoms with E-state index >= 15 is 0 Å². The molecule has 0 aliphatic heterocycles. The third kappa shape index (κ3) is 5.04. The molecule has 0 amide bonds. The summed E-state index contributed by atoms with van der Waals surface area (Å²) in [5.74, 6) is 0.176. The Hall–Kier alpha value is -2.00. The van der Waals surface area contributed by atoms with Gasteiger partial charge in [0.2, 0.25) is 0 Å². The topological polar surface area (TPSA) is 60.7 Å². The molecular formula is C14H16O3. The highest BCUT2D eigenvalue weighted by atomic mass is 16.3. The Morgan fingerprint density at radius 3 is 1.65 bits per heavy atom. The lowest BCUT2D eigenvalue weighted by Gasteiger charge is -2.00. The minimum Gasteiger partial charge on any atom is -0.508 e. The summed E-state index contributed by atoms with van der Waals surface area (Å²) in [4.78, 5) is 0. The van der Waals surface area contributed by atoms with Crippen LogP contribution in [-0.2, 0) is 0 Å². The molecule has 2 aromatic rings. The molecule has 0 saturated carbocycles. The van der Waals surface area contributed by atoms with Gasteiger partial charge in [0.25, 0.3) is 0 Å². The molecule has 2 rings (SSSR count). The molecule has 3 nitrogen and oxygen atoms in total. The van der Waals surface area contributed by atoms with Crippen LogP contribution in [0, 0.1) is 0 Å². The Bertz CT molecular complexity index is 421. The second-order valence-electron chi connectivity index (χ2n) is 3.61. The average molecular weight is 232 g/mol. The summed E-state index contributed by atoms with van der Waals surface area (Å²) in [7, 11) is 0. The van der Waals surface area contributed by atoms with Gasteiger partial charge in [-0.25, -0.2) is 0 Å². The first-order valence-electron chi connectivity index (χ1n) is 5.30. The Morgan fingerprint density at radius 1 is 0.824 bits per heavy atom. The molecule has 2 aromatic carbocycles. The molecule has 0 saturated heterocycles. The first-order valence-corrected chi connectivity index (χ1v) is 5.30. The second kappa shape index (κ2) is 6.55. The quantitative estimate of drug-likeness (QED) is 0.708. The van der Waals surface area contributed by atoms with Gasteiger partial charge in [-0.1, -0.05) is 36.4 Å². The van der Waals surface area contributed by atoms with Crippen molar-refractivity contribution >= 4 is 0 Å². The summed E-state index contributed by atoms with van der Waals surface area (Å²) in [6.45, 7) is 1.76. The normalized spacial score (nSPS) is 11.2. The molecule has 0 aliphatic rings. The molecule has 0 radical (unpaired) electrons. The van der Waals surface area contributed by atoms with Crippen molar-refractivity contribution in [3.63, 3.8) is 0 Å². The van der Waals surface area contributed by atoms with Crippen LogP contribution >= 0.6 is 0 Å². The SMILES string of the molecule is CC(O)c1ccccc1.Oc1cccc(O)c1. The van der Waals surface area contributed by atoms with Crippen LogP contribution in [0.1, 0.15) is 18.6 Å². The second-order valence-corrected chi connectivity index (χ2v) is 3.61. The number of aliphatic hydroxyl groups is 1. The summed E-state index contributed by atoms with van der Waals surface area (Å²) >= 11 is 0. The van der Waals surface area contributed by atoms with Gasteiger partial charge in [0, 0.05) is 6.07 Å². The van der Waals surface area contributed by atoms with Crippen LogP contribution in [0.3, 0.4) is 0 Å². The van der Waals surface area contributed by atoms with Gasteiger partial charge >= 0.3 is 0 Å². The van der Waals surface area contributed by atoms with Gasteiger partial charge in [0.1, 0.15) is 11.5 Å². The van der Waals surface area contributed by atoms with Crippen molar-refractivity contribution in [2.75, 3.05) is 0 Å². The molecular weight excluding hydrogens is 216 g/mol.